The van der Waals surface area contributed by atoms with Crippen LogP contribution in [0.5, 0.6) is 5.75 Å². The van der Waals surface area contributed by atoms with Crippen LogP contribution in [0.25, 0.3) is 21.8 Å². The maximum atomic E-state index is 15.2. The zero-order chi connectivity index (χ0) is 45.5. The molecule has 2 atom stereocenters. The first-order valence-electron chi connectivity index (χ1n) is 23.6. The maximum Gasteiger partial charge on any atom is 0.301 e. The fourth-order valence-electron chi connectivity index (χ4n) is 11.4. The van der Waals surface area contributed by atoms with Crippen LogP contribution < -0.4 is 36.0 Å². The molecule has 7 heterocycles. The Kier molecular flexibility index (Phi) is 10.9. The van der Waals surface area contributed by atoms with E-state index < -0.39 is 30.0 Å². The second-order valence-corrected chi connectivity index (χ2v) is 20.1. The van der Waals surface area contributed by atoms with Crippen molar-refractivity contribution < 1.29 is 23.1 Å². The number of carbonyl (C=O) groups excluding carboxylic acids is 2. The predicted octanol–water partition coefficient (Wildman–Crippen LogP) is 6.95. The van der Waals surface area contributed by atoms with Crippen molar-refractivity contribution in [2.24, 2.45) is 31.3 Å². The summed E-state index contributed by atoms with van der Waals surface area (Å²) in [5.41, 5.74) is 4.30. The van der Waals surface area contributed by atoms with Gasteiger partial charge in [-0.05, 0) is 111 Å². The van der Waals surface area contributed by atoms with E-state index in [9.17, 15) is 14.4 Å². The lowest BCUT2D eigenvalue weighted by atomic mass is 9.65. The van der Waals surface area contributed by atoms with Gasteiger partial charge in [-0.25, -0.2) is 13.8 Å². The van der Waals surface area contributed by atoms with E-state index in [1.54, 1.807) is 19.3 Å². The number of anilines is 5. The summed E-state index contributed by atoms with van der Waals surface area (Å²) in [6, 6.07) is 10.7. The number of hydrogen-bond acceptors (Lipinski definition) is 12. The quantitative estimate of drug-likeness (QED) is 0.138. The molecule has 18 heteroatoms. The highest BCUT2D eigenvalue weighted by Crippen LogP contribution is 2.48. The van der Waals surface area contributed by atoms with Gasteiger partial charge in [-0.2, -0.15) is 10.1 Å². The number of rotatable bonds is 8. The van der Waals surface area contributed by atoms with Crippen LogP contribution in [0.15, 0.2) is 47.4 Å². The van der Waals surface area contributed by atoms with Crippen LogP contribution in [-0.2, 0) is 23.7 Å². The summed E-state index contributed by atoms with van der Waals surface area (Å²) in [7, 11) is 3.54. The minimum absolute atomic E-state index is 0.0961. The highest BCUT2D eigenvalue weighted by Gasteiger charge is 2.51. The molecule has 66 heavy (non-hydrogen) atoms. The molecule has 348 valence electrons. The highest BCUT2D eigenvalue weighted by atomic mass is 35.5. The molecular weight excluding hydrogens is 868 g/mol. The van der Waals surface area contributed by atoms with Gasteiger partial charge in [0.25, 0.3) is 5.56 Å². The first kappa shape index (κ1) is 43.0. The summed E-state index contributed by atoms with van der Waals surface area (Å²) >= 11 is 6.67. The number of imide groups is 1. The Bertz CT molecular complexity index is 2790. The maximum absolute atomic E-state index is 15.2. The molecule has 1 unspecified atom stereocenters. The molecule has 6 aliphatic rings. The fraction of sp³-hybridized carbons (Fsp3) is 0.542. The molecule has 0 radical (unpaired) electrons. The van der Waals surface area contributed by atoms with E-state index >= 15 is 8.78 Å². The van der Waals surface area contributed by atoms with E-state index in [1.165, 1.54) is 35.9 Å². The van der Waals surface area contributed by atoms with E-state index in [2.05, 4.69) is 53.8 Å². The fourth-order valence-corrected chi connectivity index (χ4v) is 11.5. The van der Waals surface area contributed by atoms with Crippen LogP contribution >= 0.6 is 11.6 Å². The number of piperidine rings is 2. The monoisotopic (exact) mass is 923 g/mol. The Labute approximate surface area is 386 Å². The molecule has 3 N–H and O–H groups in total. The van der Waals surface area contributed by atoms with Crippen molar-refractivity contribution in [2.75, 3.05) is 72.9 Å². The van der Waals surface area contributed by atoms with Gasteiger partial charge in [-0.1, -0.05) is 11.6 Å². The third-order valence-corrected chi connectivity index (χ3v) is 15.8. The van der Waals surface area contributed by atoms with Gasteiger partial charge in [0.05, 0.1) is 40.6 Å². The molecule has 3 saturated heterocycles. The number of halogens is 3. The molecule has 5 fully saturated rings. The van der Waals surface area contributed by atoms with Gasteiger partial charge in [0, 0.05) is 88.5 Å². The van der Waals surface area contributed by atoms with Gasteiger partial charge in [0.1, 0.15) is 5.02 Å². The molecule has 2 aliphatic carbocycles. The zero-order valence-electron chi connectivity index (χ0n) is 37.4. The van der Waals surface area contributed by atoms with Gasteiger partial charge in [0.2, 0.25) is 23.5 Å². The molecule has 2 amide bonds. The second kappa shape index (κ2) is 16.6. The summed E-state index contributed by atoms with van der Waals surface area (Å²) in [5.74, 6) is -2.53. The SMILES string of the molecule is Cn1nc(C2CCC(=O)NC2=O)c2ccc(N3CCN(CC4CCC5(CC4)CCN(c4ncc(Cl)c(Nc6ccc7c(c6)c6c(c(=O)n7C)OCC(F)(F)[C@H](C7CC7)N6)n4)CC5)CC3)cc21. The number of alkyl halides is 2. The number of aryl methyl sites for hydroxylation is 2. The topological polar surface area (TPSA) is 155 Å². The molecule has 15 nitrogen and oxygen atoms in total. The van der Waals surface area contributed by atoms with Gasteiger partial charge >= 0.3 is 5.92 Å². The lowest BCUT2D eigenvalue weighted by molar-refractivity contribution is -0.134. The minimum atomic E-state index is -3.12. The summed E-state index contributed by atoms with van der Waals surface area (Å²) < 4.78 is 39.2. The highest BCUT2D eigenvalue weighted by molar-refractivity contribution is 6.33. The van der Waals surface area contributed by atoms with E-state index in [-0.39, 0.29) is 29.2 Å². The zero-order valence-corrected chi connectivity index (χ0v) is 38.2. The van der Waals surface area contributed by atoms with Gasteiger partial charge in [-0.15, -0.1) is 0 Å². The molecular formula is C48H56ClF2N11O4. The lowest BCUT2D eigenvalue weighted by Crippen LogP contribution is -2.48. The van der Waals surface area contributed by atoms with Crippen molar-refractivity contribution in [2.45, 2.75) is 82.1 Å². The van der Waals surface area contributed by atoms with E-state index in [4.69, 9.17) is 26.4 Å². The number of nitrogens with zero attached hydrogens (tertiary/aromatic N) is 8. The Morgan fingerprint density at radius 3 is 2.39 bits per heavy atom. The van der Waals surface area contributed by atoms with Crippen molar-refractivity contribution in [3.8, 4) is 5.75 Å². The Morgan fingerprint density at radius 2 is 1.65 bits per heavy atom. The largest absolute Gasteiger partial charge is 0.480 e. The number of carbonyl (C=O) groups is 2. The normalized spacial score (nSPS) is 23.7. The Balaban J connectivity index is 0.686. The number of benzene rings is 2. The number of piperazine rings is 1. The number of hydrogen-bond donors (Lipinski definition) is 3. The first-order chi connectivity index (χ1) is 31.8. The van der Waals surface area contributed by atoms with Crippen molar-refractivity contribution in [3.05, 3.63) is 63.7 Å². The summed E-state index contributed by atoms with van der Waals surface area (Å²) in [5, 5.41) is 15.5. The molecule has 0 bridgehead atoms. The molecule has 5 aromatic rings. The van der Waals surface area contributed by atoms with Crippen LogP contribution in [0.4, 0.5) is 37.6 Å². The van der Waals surface area contributed by atoms with Crippen LogP contribution in [0.2, 0.25) is 5.02 Å². The molecule has 2 saturated carbocycles. The van der Waals surface area contributed by atoms with Crippen molar-refractivity contribution in [1.29, 1.82) is 0 Å². The van der Waals surface area contributed by atoms with Crippen LogP contribution in [-0.4, -0.2) is 105 Å². The first-order valence-corrected chi connectivity index (χ1v) is 24.0. The third kappa shape index (κ3) is 7.98. The second-order valence-electron chi connectivity index (χ2n) is 19.7. The number of amides is 2. The van der Waals surface area contributed by atoms with Crippen molar-refractivity contribution in [3.63, 3.8) is 0 Å². The van der Waals surface area contributed by atoms with Crippen LogP contribution in [0.1, 0.15) is 75.8 Å². The van der Waals surface area contributed by atoms with Gasteiger partial charge in [-0.3, -0.25) is 29.3 Å². The summed E-state index contributed by atoms with van der Waals surface area (Å²) in [4.78, 5) is 54.5. The molecule has 1 spiro atoms. The predicted molar refractivity (Wildman–Crippen MR) is 250 cm³/mol. The van der Waals surface area contributed by atoms with Gasteiger partial charge in [0.15, 0.2) is 12.4 Å². The molecule has 11 rings (SSSR count). The average molecular weight is 924 g/mol. The molecule has 3 aromatic heterocycles. The Hall–Kier alpha value is -5.55. The van der Waals surface area contributed by atoms with Gasteiger partial charge < -0.3 is 29.7 Å². The lowest BCUT2D eigenvalue weighted by Gasteiger charge is -2.47. The van der Waals surface area contributed by atoms with Crippen molar-refractivity contribution in [1.82, 2.24) is 34.5 Å². The number of aromatic nitrogens is 5. The smallest absolute Gasteiger partial charge is 0.301 e. The number of fused-ring (bicyclic) bond motifs is 4. The number of ether oxygens (including phenoxy) is 1. The molecule has 2 aromatic carbocycles. The summed E-state index contributed by atoms with van der Waals surface area (Å²) in [6.45, 7) is 6.00. The van der Waals surface area contributed by atoms with E-state index in [0.717, 1.165) is 75.3 Å². The minimum Gasteiger partial charge on any atom is -0.480 e. The van der Waals surface area contributed by atoms with E-state index in [0.29, 0.717) is 70.4 Å². The number of pyridine rings is 1. The Morgan fingerprint density at radius 1 is 0.879 bits per heavy atom. The molecule has 4 aliphatic heterocycles. The standard InChI is InChI=1S/C48H56ClF2N11O4/c1-58-36-9-5-30(23-34(36)40-41(45(58)65)66-27-48(50,51)42(55-40)29-3-4-29)53-43-35(49)25-52-46(56-43)62-17-15-47(16-18-62)13-11-28(12-14-47)26-60-19-21-61(22-20-60)31-6-7-32-37(24-31)59(2)57-39(32)33-8-10-38(63)54-44(33)64/h5-7,9,23-25,28-29,33,42,55H,3-4,8,10-22,26-27H2,1-2H3,(H,52,53,56)(H,54,63,64)/t33?,42-/m0/s1. The summed E-state index contributed by atoms with van der Waals surface area (Å²) in [6.07, 6.45) is 11.0. The van der Waals surface area contributed by atoms with Crippen LogP contribution in [0, 0.1) is 17.3 Å². The van der Waals surface area contributed by atoms with Crippen LogP contribution in [0.3, 0.4) is 0 Å². The third-order valence-electron chi connectivity index (χ3n) is 15.6. The number of nitrogens with one attached hydrogen (secondary N) is 3. The average Bonchev–Trinajstić information content (AvgIpc) is 4.12. The van der Waals surface area contributed by atoms with E-state index in [1.807, 2.05) is 23.9 Å². The van der Waals surface area contributed by atoms with Crippen molar-refractivity contribution >= 4 is 74.0 Å².